The number of hydrogen-bond acceptors (Lipinski definition) is 3. The molecule has 0 saturated carbocycles. The first-order valence-electron chi connectivity index (χ1n) is 6.98. The summed E-state index contributed by atoms with van der Waals surface area (Å²) in [5.74, 6) is 0.869. The molecule has 0 bridgehead atoms. The molecule has 1 unspecified atom stereocenters. The molecule has 3 nitrogen and oxygen atoms in total. The van der Waals surface area contributed by atoms with Crippen LogP contribution >= 0.6 is 0 Å². The molecule has 0 spiro atoms. The molecule has 3 rings (SSSR count). The Labute approximate surface area is 124 Å². The van der Waals surface area contributed by atoms with Crippen LogP contribution in [0.25, 0.3) is 10.9 Å². The van der Waals surface area contributed by atoms with Crippen LogP contribution in [0.5, 0.6) is 5.75 Å². The number of ether oxygens (including phenoxy) is 1. The van der Waals surface area contributed by atoms with E-state index >= 15 is 0 Å². The number of nitrogens with one attached hydrogen (secondary N) is 1. The Morgan fingerprint density at radius 2 is 1.81 bits per heavy atom. The summed E-state index contributed by atoms with van der Waals surface area (Å²) >= 11 is 0. The SMILES string of the molecule is CNC(c1ccc(OC)cc1)c1cccc2ncccc12. The Bertz CT molecular complexity index is 732. The molecule has 0 aliphatic heterocycles. The fourth-order valence-corrected chi connectivity index (χ4v) is 2.68. The lowest BCUT2D eigenvalue weighted by molar-refractivity contribution is 0.414. The van der Waals surface area contributed by atoms with E-state index in [4.69, 9.17) is 4.74 Å². The molecule has 21 heavy (non-hydrogen) atoms. The molecule has 0 fully saturated rings. The standard InChI is InChI=1S/C18H18N2O/c1-19-18(13-8-10-14(21-2)11-9-13)16-5-3-7-17-15(16)6-4-12-20-17/h3-12,18-19H,1-2H3. The molecule has 1 heterocycles. The Morgan fingerprint density at radius 3 is 2.52 bits per heavy atom. The first kappa shape index (κ1) is 13.6. The average molecular weight is 278 g/mol. The van der Waals surface area contributed by atoms with Gasteiger partial charge in [0.1, 0.15) is 5.75 Å². The molecule has 106 valence electrons. The van der Waals surface area contributed by atoms with Gasteiger partial charge in [-0.05, 0) is 42.4 Å². The summed E-state index contributed by atoms with van der Waals surface area (Å²) in [5, 5.41) is 4.57. The van der Waals surface area contributed by atoms with Gasteiger partial charge >= 0.3 is 0 Å². The lowest BCUT2D eigenvalue weighted by atomic mass is 9.95. The van der Waals surface area contributed by atoms with Gasteiger partial charge in [0, 0.05) is 11.6 Å². The van der Waals surface area contributed by atoms with Gasteiger partial charge in [0.15, 0.2) is 0 Å². The van der Waals surface area contributed by atoms with Crippen LogP contribution in [0, 0.1) is 0 Å². The average Bonchev–Trinajstić information content (AvgIpc) is 2.56. The van der Waals surface area contributed by atoms with Crippen LogP contribution in [-0.4, -0.2) is 19.1 Å². The molecule has 1 aromatic heterocycles. The highest BCUT2D eigenvalue weighted by atomic mass is 16.5. The van der Waals surface area contributed by atoms with E-state index in [1.165, 1.54) is 16.5 Å². The molecular formula is C18H18N2O. The molecule has 0 radical (unpaired) electrons. The number of rotatable bonds is 4. The van der Waals surface area contributed by atoms with Crippen LogP contribution in [0.4, 0.5) is 0 Å². The fraction of sp³-hybridized carbons (Fsp3) is 0.167. The van der Waals surface area contributed by atoms with Gasteiger partial charge in [-0.15, -0.1) is 0 Å². The third-order valence-corrected chi connectivity index (χ3v) is 3.73. The minimum atomic E-state index is 0.129. The van der Waals surface area contributed by atoms with Gasteiger partial charge in [0.05, 0.1) is 18.7 Å². The Kier molecular flexibility index (Phi) is 3.84. The van der Waals surface area contributed by atoms with Crippen LogP contribution in [0.3, 0.4) is 0 Å². The van der Waals surface area contributed by atoms with Crippen molar-refractivity contribution in [3.05, 3.63) is 71.9 Å². The highest BCUT2D eigenvalue weighted by Gasteiger charge is 2.14. The van der Waals surface area contributed by atoms with E-state index in [2.05, 4.69) is 40.6 Å². The molecule has 0 aliphatic rings. The summed E-state index contributed by atoms with van der Waals surface area (Å²) in [4.78, 5) is 4.43. The summed E-state index contributed by atoms with van der Waals surface area (Å²) in [6.07, 6.45) is 1.83. The third-order valence-electron chi connectivity index (χ3n) is 3.73. The first-order valence-corrected chi connectivity index (χ1v) is 6.98. The van der Waals surface area contributed by atoms with Crippen molar-refractivity contribution in [1.29, 1.82) is 0 Å². The topological polar surface area (TPSA) is 34.1 Å². The first-order chi connectivity index (χ1) is 10.3. The Morgan fingerprint density at radius 1 is 1.00 bits per heavy atom. The lowest BCUT2D eigenvalue weighted by Crippen LogP contribution is -2.18. The van der Waals surface area contributed by atoms with E-state index in [-0.39, 0.29) is 6.04 Å². The smallest absolute Gasteiger partial charge is 0.118 e. The van der Waals surface area contributed by atoms with Crippen molar-refractivity contribution in [2.75, 3.05) is 14.2 Å². The van der Waals surface area contributed by atoms with Gasteiger partial charge in [0.2, 0.25) is 0 Å². The van der Waals surface area contributed by atoms with Gasteiger partial charge in [-0.25, -0.2) is 0 Å². The van der Waals surface area contributed by atoms with Crippen LogP contribution in [-0.2, 0) is 0 Å². The fourth-order valence-electron chi connectivity index (χ4n) is 2.68. The largest absolute Gasteiger partial charge is 0.497 e. The molecule has 1 N–H and O–H groups in total. The van der Waals surface area contributed by atoms with E-state index < -0.39 is 0 Å². The number of pyridine rings is 1. The van der Waals surface area contributed by atoms with Crippen molar-refractivity contribution in [2.24, 2.45) is 0 Å². The van der Waals surface area contributed by atoms with Gasteiger partial charge < -0.3 is 10.1 Å². The van der Waals surface area contributed by atoms with E-state index in [0.717, 1.165) is 11.3 Å². The van der Waals surface area contributed by atoms with Crippen LogP contribution in [0.1, 0.15) is 17.2 Å². The number of benzene rings is 2. The van der Waals surface area contributed by atoms with Crippen molar-refractivity contribution in [3.8, 4) is 5.75 Å². The Balaban J connectivity index is 2.09. The zero-order chi connectivity index (χ0) is 14.7. The summed E-state index contributed by atoms with van der Waals surface area (Å²) in [6.45, 7) is 0. The molecular weight excluding hydrogens is 260 g/mol. The van der Waals surface area contributed by atoms with Crippen molar-refractivity contribution < 1.29 is 4.74 Å². The summed E-state index contributed by atoms with van der Waals surface area (Å²) in [6, 6.07) is 18.6. The second-order valence-corrected chi connectivity index (χ2v) is 4.91. The van der Waals surface area contributed by atoms with Crippen molar-refractivity contribution in [2.45, 2.75) is 6.04 Å². The van der Waals surface area contributed by atoms with Crippen molar-refractivity contribution in [3.63, 3.8) is 0 Å². The normalized spacial score (nSPS) is 12.3. The quantitative estimate of drug-likeness (QED) is 0.792. The summed E-state index contributed by atoms with van der Waals surface area (Å²) < 4.78 is 5.23. The van der Waals surface area contributed by atoms with Crippen LogP contribution < -0.4 is 10.1 Å². The number of aromatic nitrogens is 1. The highest BCUT2D eigenvalue weighted by Crippen LogP contribution is 2.28. The molecule has 3 aromatic rings. The van der Waals surface area contributed by atoms with Gasteiger partial charge in [-0.2, -0.15) is 0 Å². The van der Waals surface area contributed by atoms with Gasteiger partial charge in [-0.3, -0.25) is 4.98 Å². The van der Waals surface area contributed by atoms with Crippen molar-refractivity contribution in [1.82, 2.24) is 10.3 Å². The predicted molar refractivity (Wildman–Crippen MR) is 85.6 cm³/mol. The Hall–Kier alpha value is -2.39. The molecule has 0 aliphatic carbocycles. The molecule has 2 aromatic carbocycles. The molecule has 0 amide bonds. The molecule has 0 saturated heterocycles. The second kappa shape index (κ2) is 5.94. The van der Waals surface area contributed by atoms with Gasteiger partial charge in [-0.1, -0.05) is 30.3 Å². The maximum Gasteiger partial charge on any atom is 0.118 e. The predicted octanol–water partition coefficient (Wildman–Crippen LogP) is 3.55. The van der Waals surface area contributed by atoms with Crippen molar-refractivity contribution >= 4 is 10.9 Å². The summed E-state index contributed by atoms with van der Waals surface area (Å²) in [7, 11) is 3.66. The minimum absolute atomic E-state index is 0.129. The van der Waals surface area contributed by atoms with E-state index in [1.54, 1.807) is 7.11 Å². The molecule has 3 heteroatoms. The number of methoxy groups -OCH3 is 1. The van der Waals surface area contributed by atoms with E-state index in [1.807, 2.05) is 37.5 Å². The second-order valence-electron chi connectivity index (χ2n) is 4.91. The van der Waals surface area contributed by atoms with Gasteiger partial charge in [0.25, 0.3) is 0 Å². The zero-order valence-electron chi connectivity index (χ0n) is 12.2. The van der Waals surface area contributed by atoms with E-state index in [9.17, 15) is 0 Å². The highest BCUT2D eigenvalue weighted by molar-refractivity contribution is 5.83. The van der Waals surface area contributed by atoms with E-state index in [0.29, 0.717) is 0 Å². The lowest BCUT2D eigenvalue weighted by Gasteiger charge is -2.19. The summed E-state index contributed by atoms with van der Waals surface area (Å²) in [5.41, 5.74) is 3.45. The monoisotopic (exact) mass is 278 g/mol. The minimum Gasteiger partial charge on any atom is -0.497 e. The number of nitrogens with zero attached hydrogens (tertiary/aromatic N) is 1. The zero-order valence-corrected chi connectivity index (χ0v) is 12.2. The number of hydrogen-bond donors (Lipinski definition) is 1. The maximum absolute atomic E-state index is 5.23. The van der Waals surface area contributed by atoms with Crippen LogP contribution in [0.15, 0.2) is 60.8 Å². The third kappa shape index (κ3) is 2.60. The number of fused-ring (bicyclic) bond motifs is 1. The van der Waals surface area contributed by atoms with Crippen LogP contribution in [0.2, 0.25) is 0 Å². The molecule has 1 atom stereocenters. The maximum atomic E-state index is 5.23.